The van der Waals surface area contributed by atoms with Gasteiger partial charge in [-0.2, -0.15) is 4.39 Å². The molecule has 0 bridgehead atoms. The third kappa shape index (κ3) is 6.68. The molecule has 2 aromatic heterocycles. The highest BCUT2D eigenvalue weighted by molar-refractivity contribution is 6.03. The molecule has 0 aliphatic rings. The van der Waals surface area contributed by atoms with E-state index in [0.717, 1.165) is 12.1 Å². The van der Waals surface area contributed by atoms with E-state index in [1.165, 1.54) is 24.5 Å². The second-order valence-corrected chi connectivity index (χ2v) is 8.06. The van der Waals surface area contributed by atoms with Gasteiger partial charge in [0.25, 0.3) is 6.01 Å². The van der Waals surface area contributed by atoms with Crippen LogP contribution >= 0.6 is 0 Å². The molecule has 2 N–H and O–H groups in total. The highest BCUT2D eigenvalue weighted by Gasteiger charge is 2.23. The van der Waals surface area contributed by atoms with E-state index in [2.05, 4.69) is 15.1 Å². The largest absolute Gasteiger partial charge is 0.461 e. The highest BCUT2D eigenvalue weighted by atomic mass is 19.1. The number of carbonyl (C=O) groups is 2. The van der Waals surface area contributed by atoms with Gasteiger partial charge in [-0.15, -0.1) is 0 Å². The van der Waals surface area contributed by atoms with Crippen molar-refractivity contribution in [1.82, 2.24) is 10.6 Å². The number of benzene rings is 2. The fourth-order valence-corrected chi connectivity index (χ4v) is 3.75. The SMILES string of the molecule is CC.CCNC(C)C(=O)c1cc(F)c2occc2c1F.CCNC(C)C(=O)c1ccc2oc(F)cc2c1F. The molecule has 2 unspecified atom stereocenters. The van der Waals surface area contributed by atoms with Crippen LogP contribution in [0.25, 0.3) is 21.9 Å². The van der Waals surface area contributed by atoms with Gasteiger partial charge in [0.2, 0.25) is 0 Å². The second-order valence-electron chi connectivity index (χ2n) is 8.06. The van der Waals surface area contributed by atoms with Crippen LogP contribution in [0.4, 0.5) is 17.6 Å². The van der Waals surface area contributed by atoms with Gasteiger partial charge in [-0.05, 0) is 51.2 Å². The third-order valence-electron chi connectivity index (χ3n) is 5.57. The number of fused-ring (bicyclic) bond motifs is 2. The zero-order valence-electron chi connectivity index (χ0n) is 22.2. The van der Waals surface area contributed by atoms with Gasteiger partial charge in [0.1, 0.15) is 17.2 Å². The van der Waals surface area contributed by atoms with Crippen LogP contribution in [0.2, 0.25) is 0 Å². The Morgan fingerprint density at radius 2 is 1.37 bits per heavy atom. The predicted octanol–water partition coefficient (Wildman–Crippen LogP) is 6.81. The van der Waals surface area contributed by atoms with Crippen molar-refractivity contribution in [1.29, 1.82) is 0 Å². The predicted molar refractivity (Wildman–Crippen MR) is 139 cm³/mol. The van der Waals surface area contributed by atoms with E-state index >= 15 is 0 Å². The van der Waals surface area contributed by atoms with Crippen LogP contribution in [0, 0.1) is 23.5 Å². The molecule has 2 aromatic carbocycles. The molecular weight excluding hydrogens is 504 g/mol. The molecule has 0 saturated carbocycles. The minimum atomic E-state index is -0.867. The first-order valence-corrected chi connectivity index (χ1v) is 12.4. The van der Waals surface area contributed by atoms with Crippen molar-refractivity contribution in [3.05, 3.63) is 71.2 Å². The number of hydrogen-bond donors (Lipinski definition) is 2. The summed E-state index contributed by atoms with van der Waals surface area (Å²) >= 11 is 0. The van der Waals surface area contributed by atoms with Crippen LogP contribution in [0.15, 0.2) is 45.4 Å². The quantitative estimate of drug-likeness (QED) is 0.190. The van der Waals surface area contributed by atoms with Gasteiger partial charge in [0, 0.05) is 6.07 Å². The first-order valence-electron chi connectivity index (χ1n) is 12.4. The van der Waals surface area contributed by atoms with Gasteiger partial charge < -0.3 is 19.5 Å². The Labute approximate surface area is 218 Å². The Morgan fingerprint density at radius 1 is 0.816 bits per heavy atom. The summed E-state index contributed by atoms with van der Waals surface area (Å²) in [7, 11) is 0. The Balaban J connectivity index is 0.000000251. The van der Waals surface area contributed by atoms with Crippen molar-refractivity contribution < 1.29 is 36.0 Å². The average Bonchev–Trinajstić information content (AvgIpc) is 3.55. The topological polar surface area (TPSA) is 84.5 Å². The standard InChI is InChI=1S/2C13H13F2NO2.C2H6/c1-3-16-7(2)12(17)9-6-10(14)13-8(11(9)15)4-5-18-13;1-3-16-7(2)13(17)8-4-5-10-9(12(8)15)6-11(14)18-10;1-2/h2*4-7,16H,3H2,1-2H3;1-2H3. The van der Waals surface area contributed by atoms with Crippen molar-refractivity contribution >= 4 is 33.5 Å². The molecule has 0 fully saturated rings. The van der Waals surface area contributed by atoms with E-state index in [1.807, 2.05) is 27.7 Å². The summed E-state index contributed by atoms with van der Waals surface area (Å²) in [5.74, 6) is -3.05. The van der Waals surface area contributed by atoms with Crippen molar-refractivity contribution in [3.8, 4) is 0 Å². The molecule has 0 radical (unpaired) electrons. The fraction of sp³-hybridized carbons (Fsp3) is 0.357. The van der Waals surface area contributed by atoms with Crippen LogP contribution in [0.1, 0.15) is 62.3 Å². The lowest BCUT2D eigenvalue weighted by molar-refractivity contribution is 0.0940. The number of rotatable bonds is 8. The first-order chi connectivity index (χ1) is 18.1. The average molecular weight is 537 g/mol. The number of nitrogens with one attached hydrogen (secondary N) is 2. The third-order valence-corrected chi connectivity index (χ3v) is 5.57. The minimum Gasteiger partial charge on any atom is -0.461 e. The summed E-state index contributed by atoms with van der Waals surface area (Å²) < 4.78 is 64.1. The number of Topliss-reactive ketones (excluding diaryl/α,β-unsaturated/α-hetero) is 2. The number of hydrogen-bond acceptors (Lipinski definition) is 6. The molecule has 0 aliphatic heterocycles. The Morgan fingerprint density at radius 3 is 1.95 bits per heavy atom. The molecule has 0 spiro atoms. The Bertz CT molecular complexity index is 1390. The highest BCUT2D eigenvalue weighted by Crippen LogP contribution is 2.26. The van der Waals surface area contributed by atoms with E-state index in [4.69, 9.17) is 4.42 Å². The number of ketones is 2. The maximum atomic E-state index is 14.1. The fourth-order valence-electron chi connectivity index (χ4n) is 3.75. The number of halogens is 4. The molecule has 0 aliphatic carbocycles. The molecule has 0 saturated heterocycles. The molecule has 4 rings (SSSR count). The minimum absolute atomic E-state index is 0.0120. The van der Waals surface area contributed by atoms with Crippen molar-refractivity contribution in [2.75, 3.05) is 13.1 Å². The van der Waals surface area contributed by atoms with E-state index in [9.17, 15) is 27.2 Å². The van der Waals surface area contributed by atoms with Crippen LogP contribution < -0.4 is 10.6 Å². The summed E-state index contributed by atoms with van der Waals surface area (Å²) in [5.41, 5.74) is -0.385. The molecule has 10 heteroatoms. The lowest BCUT2D eigenvalue weighted by atomic mass is 10.0. The molecular formula is C28H32F4N2O4. The monoisotopic (exact) mass is 536 g/mol. The summed E-state index contributed by atoms with van der Waals surface area (Å²) in [6.45, 7) is 12.1. The molecule has 0 amide bonds. The van der Waals surface area contributed by atoms with Crippen LogP contribution in [0.3, 0.4) is 0 Å². The van der Waals surface area contributed by atoms with E-state index in [-0.39, 0.29) is 38.8 Å². The van der Waals surface area contributed by atoms with Gasteiger partial charge in [-0.1, -0.05) is 27.7 Å². The molecule has 6 nitrogen and oxygen atoms in total. The molecule has 206 valence electrons. The second kappa shape index (κ2) is 13.9. The Hall–Kier alpha value is -3.50. The number of carbonyl (C=O) groups excluding carboxylic acids is 2. The van der Waals surface area contributed by atoms with Crippen molar-refractivity contribution in [2.24, 2.45) is 0 Å². The van der Waals surface area contributed by atoms with Crippen molar-refractivity contribution in [3.63, 3.8) is 0 Å². The summed E-state index contributed by atoms with van der Waals surface area (Å²) in [5, 5.41) is 5.76. The summed E-state index contributed by atoms with van der Waals surface area (Å²) in [4.78, 5) is 24.0. The Kier molecular flexibility index (Phi) is 11.2. The van der Waals surface area contributed by atoms with Gasteiger partial charge in [-0.3, -0.25) is 9.59 Å². The number of furan rings is 2. The zero-order chi connectivity index (χ0) is 28.6. The van der Waals surface area contributed by atoms with E-state index in [1.54, 1.807) is 13.8 Å². The molecule has 4 aromatic rings. The van der Waals surface area contributed by atoms with Crippen LogP contribution in [-0.4, -0.2) is 36.7 Å². The lowest BCUT2D eigenvalue weighted by Gasteiger charge is -2.12. The summed E-state index contributed by atoms with van der Waals surface area (Å²) in [6, 6.07) is 3.93. The lowest BCUT2D eigenvalue weighted by Crippen LogP contribution is -2.34. The van der Waals surface area contributed by atoms with Crippen LogP contribution in [-0.2, 0) is 0 Å². The van der Waals surface area contributed by atoms with Gasteiger partial charge in [0.15, 0.2) is 23.0 Å². The van der Waals surface area contributed by atoms with Gasteiger partial charge in [-0.25, -0.2) is 13.2 Å². The maximum Gasteiger partial charge on any atom is 0.278 e. The van der Waals surface area contributed by atoms with Gasteiger partial charge in [0.05, 0.1) is 40.2 Å². The van der Waals surface area contributed by atoms with Crippen molar-refractivity contribution in [2.45, 2.75) is 53.6 Å². The smallest absolute Gasteiger partial charge is 0.278 e. The summed E-state index contributed by atoms with van der Waals surface area (Å²) in [6.07, 6.45) is 1.19. The van der Waals surface area contributed by atoms with E-state index < -0.39 is 41.3 Å². The first kappa shape index (κ1) is 30.7. The normalized spacial score (nSPS) is 12.4. The molecule has 2 atom stereocenters. The molecule has 38 heavy (non-hydrogen) atoms. The van der Waals surface area contributed by atoms with Gasteiger partial charge >= 0.3 is 0 Å². The molecule has 2 heterocycles. The maximum absolute atomic E-state index is 14.1. The van der Waals surface area contributed by atoms with E-state index in [0.29, 0.717) is 13.1 Å². The zero-order valence-corrected chi connectivity index (χ0v) is 22.2. The van der Waals surface area contributed by atoms with Crippen LogP contribution in [0.5, 0.6) is 0 Å². The number of likely N-dealkylation sites (N-methyl/N-ethyl adjacent to an activating group) is 2.